The highest BCUT2D eigenvalue weighted by Crippen LogP contribution is 2.07. The molecule has 138 valence electrons. The molecule has 0 aromatic heterocycles. The maximum atomic E-state index is 12.0. The van der Waals surface area contributed by atoms with Crippen LogP contribution < -0.4 is 16.4 Å². The van der Waals surface area contributed by atoms with Crippen LogP contribution >= 0.6 is 12.4 Å². The van der Waals surface area contributed by atoms with Crippen LogP contribution in [-0.2, 0) is 25.7 Å². The minimum atomic E-state index is -0.871. The van der Waals surface area contributed by atoms with Gasteiger partial charge in [-0.2, -0.15) is 0 Å². The first kappa shape index (κ1) is 20.9. The van der Waals surface area contributed by atoms with Gasteiger partial charge in [0.15, 0.2) is 0 Å². The Morgan fingerprint density at radius 3 is 2.60 bits per heavy atom. The Morgan fingerprint density at radius 1 is 1.28 bits per heavy atom. The van der Waals surface area contributed by atoms with Crippen molar-refractivity contribution in [1.82, 2.24) is 10.6 Å². The number of benzene rings is 1. The minimum absolute atomic E-state index is 0. The summed E-state index contributed by atoms with van der Waals surface area (Å²) in [6.45, 7) is 0.963. The highest BCUT2D eigenvalue weighted by Gasteiger charge is 2.26. The summed E-state index contributed by atoms with van der Waals surface area (Å²) in [7, 11) is 0. The molecule has 0 radical (unpaired) electrons. The summed E-state index contributed by atoms with van der Waals surface area (Å²) >= 11 is 0. The van der Waals surface area contributed by atoms with Crippen LogP contribution in [0.1, 0.15) is 31.2 Å². The number of amides is 2. The fourth-order valence-corrected chi connectivity index (χ4v) is 2.54. The molecule has 1 aromatic rings. The lowest BCUT2D eigenvalue weighted by Gasteiger charge is -2.18. The van der Waals surface area contributed by atoms with E-state index in [1.54, 1.807) is 0 Å². The zero-order chi connectivity index (χ0) is 17.4. The molecule has 1 fully saturated rings. The van der Waals surface area contributed by atoms with Crippen LogP contribution in [-0.4, -0.2) is 36.4 Å². The van der Waals surface area contributed by atoms with Gasteiger partial charge in [0.05, 0.1) is 6.04 Å². The lowest BCUT2D eigenvalue weighted by molar-refractivity contribution is -0.145. The normalized spacial score (nSPS) is 17.2. The van der Waals surface area contributed by atoms with E-state index in [2.05, 4.69) is 10.6 Å². The van der Waals surface area contributed by atoms with Crippen LogP contribution in [0.3, 0.4) is 0 Å². The molecule has 2 atom stereocenters. The van der Waals surface area contributed by atoms with E-state index in [0.29, 0.717) is 0 Å². The molecule has 1 saturated heterocycles. The molecule has 4 N–H and O–H groups in total. The highest BCUT2D eigenvalue weighted by atomic mass is 35.5. The van der Waals surface area contributed by atoms with Crippen molar-refractivity contribution in [1.29, 1.82) is 0 Å². The van der Waals surface area contributed by atoms with E-state index in [4.69, 9.17) is 10.5 Å². The fourth-order valence-electron chi connectivity index (χ4n) is 2.54. The third kappa shape index (κ3) is 7.11. The molecule has 0 spiro atoms. The molecule has 0 unspecified atom stereocenters. The van der Waals surface area contributed by atoms with Crippen molar-refractivity contribution in [2.75, 3.05) is 6.54 Å². The van der Waals surface area contributed by atoms with E-state index in [0.717, 1.165) is 24.9 Å². The average Bonchev–Trinajstić information content (AvgIpc) is 3.12. The summed E-state index contributed by atoms with van der Waals surface area (Å²) in [4.78, 5) is 35.3. The number of nitrogens with two attached hydrogens (primary N) is 1. The van der Waals surface area contributed by atoms with Gasteiger partial charge >= 0.3 is 5.97 Å². The summed E-state index contributed by atoms with van der Waals surface area (Å²) in [5.41, 5.74) is 6.20. The molecule has 2 amide bonds. The Hall–Kier alpha value is -2.12. The lowest BCUT2D eigenvalue weighted by atomic mass is 10.1. The Labute approximate surface area is 153 Å². The predicted molar refractivity (Wildman–Crippen MR) is 94.9 cm³/mol. The van der Waals surface area contributed by atoms with Crippen molar-refractivity contribution in [2.24, 2.45) is 5.73 Å². The molecular formula is C17H24ClN3O4. The van der Waals surface area contributed by atoms with Gasteiger partial charge in [0.1, 0.15) is 12.6 Å². The minimum Gasteiger partial charge on any atom is -0.461 e. The van der Waals surface area contributed by atoms with Crippen LogP contribution in [0.25, 0.3) is 0 Å². The van der Waals surface area contributed by atoms with E-state index < -0.39 is 17.9 Å². The van der Waals surface area contributed by atoms with Crippen molar-refractivity contribution in [3.8, 4) is 0 Å². The number of halogens is 1. The molecule has 8 heteroatoms. The lowest BCUT2D eigenvalue weighted by Crippen LogP contribution is -2.50. The number of hydrogen-bond acceptors (Lipinski definition) is 5. The SMILES string of the molecule is Cl.NC(=O)[C@@H](CCC(=O)OCc1ccccc1)NC(=O)[C@@H]1CCCN1. The van der Waals surface area contributed by atoms with Gasteiger partial charge < -0.3 is 21.1 Å². The van der Waals surface area contributed by atoms with E-state index in [1.165, 1.54) is 0 Å². The Bertz CT molecular complexity index is 577. The van der Waals surface area contributed by atoms with Crippen molar-refractivity contribution in [3.05, 3.63) is 35.9 Å². The van der Waals surface area contributed by atoms with Crippen LogP contribution in [0.15, 0.2) is 30.3 Å². The van der Waals surface area contributed by atoms with Gasteiger partial charge in [-0.05, 0) is 31.4 Å². The van der Waals surface area contributed by atoms with Crippen LogP contribution in [0.2, 0.25) is 0 Å². The molecule has 0 saturated carbocycles. The molecule has 0 aliphatic carbocycles. The topological polar surface area (TPSA) is 111 Å². The molecular weight excluding hydrogens is 346 g/mol. The largest absolute Gasteiger partial charge is 0.461 e. The second kappa shape index (κ2) is 10.7. The van der Waals surface area contributed by atoms with E-state index in [-0.39, 0.29) is 43.8 Å². The fraction of sp³-hybridized carbons (Fsp3) is 0.471. The zero-order valence-electron chi connectivity index (χ0n) is 13.9. The van der Waals surface area contributed by atoms with Crippen LogP contribution in [0, 0.1) is 0 Å². The molecule has 1 heterocycles. The maximum Gasteiger partial charge on any atom is 0.306 e. The summed E-state index contributed by atoms with van der Waals surface area (Å²) < 4.78 is 5.15. The van der Waals surface area contributed by atoms with Gasteiger partial charge in [-0.1, -0.05) is 30.3 Å². The number of primary amides is 1. The molecule has 7 nitrogen and oxygen atoms in total. The van der Waals surface area contributed by atoms with E-state index >= 15 is 0 Å². The second-order valence-corrected chi connectivity index (χ2v) is 5.80. The number of hydrogen-bond donors (Lipinski definition) is 3. The quantitative estimate of drug-likeness (QED) is 0.583. The van der Waals surface area contributed by atoms with E-state index in [9.17, 15) is 14.4 Å². The number of ether oxygens (including phenoxy) is 1. The number of carbonyl (C=O) groups excluding carboxylic acids is 3. The first-order valence-electron chi connectivity index (χ1n) is 8.09. The van der Waals surface area contributed by atoms with Crippen LogP contribution in [0.4, 0.5) is 0 Å². The Kier molecular flexibility index (Phi) is 8.94. The van der Waals surface area contributed by atoms with Gasteiger partial charge in [-0.15, -0.1) is 12.4 Å². The Balaban J connectivity index is 0.00000312. The van der Waals surface area contributed by atoms with Gasteiger partial charge in [-0.3, -0.25) is 14.4 Å². The standard InChI is InChI=1S/C17H23N3O4.ClH/c18-16(22)13(20-17(23)14-7-4-10-19-14)8-9-15(21)24-11-12-5-2-1-3-6-12;/h1-3,5-6,13-14,19H,4,7-11H2,(H2,18,22)(H,20,23);1H/t13-,14+;/m1./s1. The number of rotatable bonds is 8. The monoisotopic (exact) mass is 369 g/mol. The molecule has 1 aliphatic heterocycles. The molecule has 25 heavy (non-hydrogen) atoms. The summed E-state index contributed by atoms with van der Waals surface area (Å²) in [5, 5.41) is 5.65. The van der Waals surface area contributed by atoms with Gasteiger partial charge in [-0.25, -0.2) is 0 Å². The number of nitrogens with one attached hydrogen (secondary N) is 2. The first-order valence-corrected chi connectivity index (χ1v) is 8.09. The van der Waals surface area contributed by atoms with Gasteiger partial charge in [0, 0.05) is 6.42 Å². The molecule has 0 bridgehead atoms. The highest BCUT2D eigenvalue weighted by molar-refractivity contribution is 5.89. The van der Waals surface area contributed by atoms with Gasteiger partial charge in [0.2, 0.25) is 11.8 Å². The molecule has 1 aromatic carbocycles. The maximum absolute atomic E-state index is 12.0. The summed E-state index contributed by atoms with van der Waals surface area (Å²) in [5.74, 6) is -1.34. The Morgan fingerprint density at radius 2 is 2.00 bits per heavy atom. The van der Waals surface area contributed by atoms with Crippen molar-refractivity contribution in [2.45, 2.75) is 44.4 Å². The van der Waals surface area contributed by atoms with Crippen LogP contribution in [0.5, 0.6) is 0 Å². The smallest absolute Gasteiger partial charge is 0.306 e. The van der Waals surface area contributed by atoms with E-state index in [1.807, 2.05) is 30.3 Å². The van der Waals surface area contributed by atoms with Gasteiger partial charge in [0.25, 0.3) is 0 Å². The zero-order valence-corrected chi connectivity index (χ0v) is 14.7. The first-order chi connectivity index (χ1) is 11.6. The number of carbonyl (C=O) groups is 3. The summed E-state index contributed by atoms with van der Waals surface area (Å²) in [6.07, 6.45) is 1.79. The van der Waals surface area contributed by atoms with Crippen molar-refractivity contribution in [3.63, 3.8) is 0 Å². The second-order valence-electron chi connectivity index (χ2n) is 5.80. The summed E-state index contributed by atoms with van der Waals surface area (Å²) in [6, 6.07) is 8.14. The molecule has 1 aliphatic rings. The number of esters is 1. The predicted octanol–water partition coefficient (Wildman–Crippen LogP) is 0.654. The average molecular weight is 370 g/mol. The van der Waals surface area contributed by atoms with Crippen molar-refractivity contribution < 1.29 is 19.1 Å². The third-order valence-electron chi connectivity index (χ3n) is 3.92. The third-order valence-corrected chi connectivity index (χ3v) is 3.92. The van der Waals surface area contributed by atoms with Crippen molar-refractivity contribution >= 4 is 30.2 Å². The molecule has 2 rings (SSSR count).